The second-order valence-corrected chi connectivity index (χ2v) is 5.57. The van der Waals surface area contributed by atoms with E-state index in [0.29, 0.717) is 5.69 Å². The quantitative estimate of drug-likeness (QED) is 0.912. The first-order valence-corrected chi connectivity index (χ1v) is 7.71. The second kappa shape index (κ2) is 6.02. The minimum atomic E-state index is -0.845. The van der Waals surface area contributed by atoms with Crippen LogP contribution in [0.4, 0.5) is 0 Å². The average molecular weight is 279 g/mol. The van der Waals surface area contributed by atoms with Crippen molar-refractivity contribution in [3.05, 3.63) is 40.9 Å². The van der Waals surface area contributed by atoms with Crippen molar-refractivity contribution < 1.29 is 9.90 Å². The van der Waals surface area contributed by atoms with E-state index in [1.165, 1.54) is 16.9 Å². The Hall–Kier alpha value is -1.33. The largest absolute Gasteiger partial charge is 0.481 e. The molecule has 0 amide bonds. The monoisotopic (exact) mass is 279 g/mol. The van der Waals surface area contributed by atoms with Gasteiger partial charge < -0.3 is 5.11 Å². The van der Waals surface area contributed by atoms with Crippen molar-refractivity contribution in [2.24, 2.45) is 0 Å². The van der Waals surface area contributed by atoms with Crippen LogP contribution < -0.4 is 0 Å². The van der Waals surface area contributed by atoms with E-state index in [1.54, 1.807) is 17.1 Å². The molecule has 1 aromatic carbocycles. The molecule has 2 rings (SSSR count). The van der Waals surface area contributed by atoms with Crippen LogP contribution in [-0.2, 0) is 17.0 Å². The Balaban J connectivity index is 2.15. The molecule has 0 aliphatic rings. The molecule has 0 bridgehead atoms. The summed E-state index contributed by atoms with van der Waals surface area (Å²) >= 11 is 3.27. The molecular weight excluding hydrogens is 266 g/mol. The standard InChI is InChI=1S/C13H13NO2S2/c1-17-7-9-2-4-10(5-3-9)13-14-11(8-18-13)6-12(15)16/h2-5,8H,6-7H2,1H3,(H,15,16). The number of aliphatic carboxylic acids is 1. The lowest BCUT2D eigenvalue weighted by Gasteiger charge is -2.00. The summed E-state index contributed by atoms with van der Waals surface area (Å²) in [6.45, 7) is 0. The third-order valence-corrected chi connectivity index (χ3v) is 3.96. The minimum Gasteiger partial charge on any atom is -0.481 e. The highest BCUT2D eigenvalue weighted by molar-refractivity contribution is 7.97. The minimum absolute atomic E-state index is 0.0128. The number of nitrogens with zero attached hydrogens (tertiary/aromatic N) is 1. The molecule has 1 heterocycles. The predicted octanol–water partition coefficient (Wildman–Crippen LogP) is 3.30. The number of thiazole rings is 1. The number of carboxylic acid groups (broad SMARTS) is 1. The lowest BCUT2D eigenvalue weighted by molar-refractivity contribution is -0.136. The van der Waals surface area contributed by atoms with Crippen LogP contribution in [0.25, 0.3) is 10.6 Å². The maximum absolute atomic E-state index is 10.6. The zero-order valence-electron chi connectivity index (χ0n) is 9.92. The number of rotatable bonds is 5. The highest BCUT2D eigenvalue weighted by Gasteiger charge is 2.07. The van der Waals surface area contributed by atoms with Crippen molar-refractivity contribution in [3.8, 4) is 10.6 Å². The summed E-state index contributed by atoms with van der Waals surface area (Å²) in [6, 6.07) is 8.25. The summed E-state index contributed by atoms with van der Waals surface area (Å²) in [5.74, 6) is 0.157. The Bertz CT molecular complexity index is 534. The molecule has 1 N–H and O–H groups in total. The van der Waals surface area contributed by atoms with Crippen LogP contribution in [0, 0.1) is 0 Å². The number of carboxylic acids is 1. The van der Waals surface area contributed by atoms with Gasteiger partial charge >= 0.3 is 5.97 Å². The maximum Gasteiger partial charge on any atom is 0.309 e. The molecule has 0 radical (unpaired) electrons. The van der Waals surface area contributed by atoms with Gasteiger partial charge in [-0.05, 0) is 11.8 Å². The van der Waals surface area contributed by atoms with Crippen molar-refractivity contribution in [2.45, 2.75) is 12.2 Å². The van der Waals surface area contributed by atoms with E-state index in [9.17, 15) is 4.79 Å². The smallest absolute Gasteiger partial charge is 0.309 e. The zero-order valence-corrected chi connectivity index (χ0v) is 11.6. The van der Waals surface area contributed by atoms with Gasteiger partial charge in [-0.25, -0.2) is 4.98 Å². The zero-order chi connectivity index (χ0) is 13.0. The van der Waals surface area contributed by atoms with Gasteiger partial charge in [0.2, 0.25) is 0 Å². The second-order valence-electron chi connectivity index (χ2n) is 3.84. The molecule has 0 fully saturated rings. The summed E-state index contributed by atoms with van der Waals surface area (Å²) in [7, 11) is 0. The Morgan fingerprint density at radius 1 is 1.39 bits per heavy atom. The number of hydrogen-bond acceptors (Lipinski definition) is 4. The molecule has 0 saturated carbocycles. The van der Waals surface area contributed by atoms with Crippen LogP contribution in [0.5, 0.6) is 0 Å². The highest BCUT2D eigenvalue weighted by Crippen LogP contribution is 2.24. The summed E-state index contributed by atoms with van der Waals surface area (Å²) in [6.07, 6.45) is 2.06. The molecule has 3 nitrogen and oxygen atoms in total. The highest BCUT2D eigenvalue weighted by atomic mass is 32.2. The summed E-state index contributed by atoms with van der Waals surface area (Å²) in [5.41, 5.74) is 2.95. The molecule has 1 aromatic heterocycles. The van der Waals surface area contributed by atoms with Gasteiger partial charge in [-0.2, -0.15) is 11.8 Å². The van der Waals surface area contributed by atoms with Crippen LogP contribution in [0.1, 0.15) is 11.3 Å². The lowest BCUT2D eigenvalue weighted by Crippen LogP contribution is -1.99. The fourth-order valence-electron chi connectivity index (χ4n) is 1.59. The molecule has 94 valence electrons. The van der Waals surface area contributed by atoms with E-state index in [-0.39, 0.29) is 6.42 Å². The van der Waals surface area contributed by atoms with Gasteiger partial charge in [0.05, 0.1) is 12.1 Å². The number of carbonyl (C=O) groups is 1. The van der Waals surface area contributed by atoms with E-state index in [2.05, 4.69) is 23.4 Å². The normalized spacial score (nSPS) is 10.5. The van der Waals surface area contributed by atoms with Crippen LogP contribution in [0.15, 0.2) is 29.6 Å². The lowest BCUT2D eigenvalue weighted by atomic mass is 10.1. The first-order chi connectivity index (χ1) is 8.69. The molecule has 18 heavy (non-hydrogen) atoms. The Kier molecular flexibility index (Phi) is 4.38. The SMILES string of the molecule is CSCc1ccc(-c2nc(CC(=O)O)cs2)cc1. The maximum atomic E-state index is 10.6. The Morgan fingerprint density at radius 3 is 2.72 bits per heavy atom. The van der Waals surface area contributed by atoms with E-state index < -0.39 is 5.97 Å². The molecule has 0 aliphatic carbocycles. The summed E-state index contributed by atoms with van der Waals surface area (Å²) in [4.78, 5) is 14.9. The van der Waals surface area contributed by atoms with Gasteiger partial charge in [0.1, 0.15) is 5.01 Å². The van der Waals surface area contributed by atoms with E-state index in [4.69, 9.17) is 5.11 Å². The summed E-state index contributed by atoms with van der Waals surface area (Å²) in [5, 5.41) is 11.4. The number of aromatic nitrogens is 1. The van der Waals surface area contributed by atoms with Gasteiger partial charge in [-0.3, -0.25) is 4.79 Å². The first-order valence-electron chi connectivity index (χ1n) is 5.43. The number of hydrogen-bond donors (Lipinski definition) is 1. The van der Waals surface area contributed by atoms with Crippen molar-refractivity contribution in [1.82, 2.24) is 4.98 Å². The molecule has 5 heteroatoms. The fraction of sp³-hybridized carbons (Fsp3) is 0.231. The van der Waals surface area contributed by atoms with E-state index in [0.717, 1.165) is 16.3 Å². The van der Waals surface area contributed by atoms with Gasteiger partial charge in [-0.1, -0.05) is 24.3 Å². The fourth-order valence-corrected chi connectivity index (χ4v) is 2.94. The average Bonchev–Trinajstić information content (AvgIpc) is 2.78. The van der Waals surface area contributed by atoms with Crippen molar-refractivity contribution >= 4 is 29.1 Å². The van der Waals surface area contributed by atoms with Gasteiger partial charge in [0.25, 0.3) is 0 Å². The summed E-state index contributed by atoms with van der Waals surface area (Å²) < 4.78 is 0. The number of benzene rings is 1. The predicted molar refractivity (Wildman–Crippen MR) is 76.1 cm³/mol. The van der Waals surface area contributed by atoms with Gasteiger partial charge in [0, 0.05) is 16.7 Å². The Morgan fingerprint density at radius 2 is 2.11 bits per heavy atom. The molecule has 0 unspecified atom stereocenters. The third kappa shape index (κ3) is 3.34. The third-order valence-electron chi connectivity index (χ3n) is 2.40. The first kappa shape index (κ1) is 13.1. The van der Waals surface area contributed by atoms with Crippen LogP contribution >= 0.6 is 23.1 Å². The topological polar surface area (TPSA) is 50.2 Å². The molecule has 0 spiro atoms. The van der Waals surface area contributed by atoms with Crippen molar-refractivity contribution in [2.75, 3.05) is 6.26 Å². The van der Waals surface area contributed by atoms with Crippen molar-refractivity contribution in [3.63, 3.8) is 0 Å². The molecular formula is C13H13NO2S2. The van der Waals surface area contributed by atoms with Crippen LogP contribution in [0.3, 0.4) is 0 Å². The molecule has 0 atom stereocenters. The van der Waals surface area contributed by atoms with Gasteiger partial charge in [-0.15, -0.1) is 11.3 Å². The van der Waals surface area contributed by atoms with Crippen LogP contribution in [-0.4, -0.2) is 22.3 Å². The van der Waals surface area contributed by atoms with Crippen LogP contribution in [0.2, 0.25) is 0 Å². The Labute approximate surface area is 114 Å². The molecule has 2 aromatic rings. The molecule has 0 saturated heterocycles. The van der Waals surface area contributed by atoms with E-state index >= 15 is 0 Å². The number of thioether (sulfide) groups is 1. The van der Waals surface area contributed by atoms with Crippen molar-refractivity contribution in [1.29, 1.82) is 0 Å². The van der Waals surface area contributed by atoms with E-state index in [1.807, 2.05) is 12.1 Å². The van der Waals surface area contributed by atoms with Gasteiger partial charge in [0.15, 0.2) is 0 Å². The molecule has 0 aliphatic heterocycles.